The highest BCUT2D eigenvalue weighted by molar-refractivity contribution is 7.09. The minimum absolute atomic E-state index is 0.150. The third kappa shape index (κ3) is 3.49. The standard InChI is InChI=1S/C11H12F3N3O3S/c1-2-6(10-16-8(4-21-10)11(12,13)14)15-9(18)5-3-7(5)17(19)20/h4-7H,2-3H2,1H3,(H,15,18)/t5-,6-,7+/m0/s1. The van der Waals surface area contributed by atoms with Crippen LogP contribution in [-0.4, -0.2) is 21.9 Å². The lowest BCUT2D eigenvalue weighted by molar-refractivity contribution is -0.497. The number of aromatic nitrogens is 1. The van der Waals surface area contributed by atoms with E-state index in [4.69, 9.17) is 0 Å². The minimum atomic E-state index is -4.52. The molecule has 1 heterocycles. The highest BCUT2D eigenvalue weighted by Gasteiger charge is 2.53. The summed E-state index contributed by atoms with van der Waals surface area (Å²) in [5.74, 6) is -1.21. The van der Waals surface area contributed by atoms with Crippen molar-refractivity contribution in [2.75, 3.05) is 0 Å². The topological polar surface area (TPSA) is 85.1 Å². The number of carbonyl (C=O) groups is 1. The second-order valence-electron chi connectivity index (χ2n) is 4.73. The van der Waals surface area contributed by atoms with E-state index in [1.54, 1.807) is 6.92 Å². The first kappa shape index (κ1) is 15.7. The maximum absolute atomic E-state index is 12.5. The lowest BCUT2D eigenvalue weighted by Crippen LogP contribution is -2.31. The Bertz CT molecular complexity index is 560. The van der Waals surface area contributed by atoms with Crippen molar-refractivity contribution in [1.82, 2.24) is 10.3 Å². The van der Waals surface area contributed by atoms with Gasteiger partial charge in [0, 0.05) is 16.7 Å². The van der Waals surface area contributed by atoms with E-state index in [1.165, 1.54) is 0 Å². The summed E-state index contributed by atoms with van der Waals surface area (Å²) in [5, 5.41) is 14.1. The molecule has 10 heteroatoms. The SMILES string of the molecule is CC[C@H](NC(=O)[C@H]1C[C@H]1[N+](=O)[O-])c1nc(C(F)(F)F)cs1. The van der Waals surface area contributed by atoms with Gasteiger partial charge in [-0.05, 0) is 6.42 Å². The van der Waals surface area contributed by atoms with E-state index in [0.29, 0.717) is 6.42 Å². The molecule has 1 N–H and O–H groups in total. The molecule has 21 heavy (non-hydrogen) atoms. The van der Waals surface area contributed by atoms with Crippen LogP contribution in [0.25, 0.3) is 0 Å². The highest BCUT2D eigenvalue weighted by Crippen LogP contribution is 2.35. The molecule has 0 aromatic carbocycles. The maximum Gasteiger partial charge on any atom is 0.434 e. The van der Waals surface area contributed by atoms with Crippen LogP contribution in [0.3, 0.4) is 0 Å². The molecule has 116 valence electrons. The molecule has 1 aromatic heterocycles. The van der Waals surface area contributed by atoms with Gasteiger partial charge in [-0.15, -0.1) is 11.3 Å². The van der Waals surface area contributed by atoms with Gasteiger partial charge in [0.2, 0.25) is 11.9 Å². The summed E-state index contributed by atoms with van der Waals surface area (Å²) in [7, 11) is 0. The zero-order chi connectivity index (χ0) is 15.8. The molecular weight excluding hydrogens is 311 g/mol. The molecule has 0 spiro atoms. The van der Waals surface area contributed by atoms with Gasteiger partial charge in [0.1, 0.15) is 10.9 Å². The first-order chi connectivity index (χ1) is 9.74. The van der Waals surface area contributed by atoms with E-state index in [9.17, 15) is 28.1 Å². The van der Waals surface area contributed by atoms with E-state index >= 15 is 0 Å². The van der Waals surface area contributed by atoms with Crippen molar-refractivity contribution in [3.63, 3.8) is 0 Å². The van der Waals surface area contributed by atoms with Gasteiger partial charge in [-0.1, -0.05) is 6.92 Å². The third-order valence-corrected chi connectivity index (χ3v) is 4.16. The number of nitro groups is 1. The summed E-state index contributed by atoms with van der Waals surface area (Å²) in [6.07, 6.45) is -4.00. The Morgan fingerprint density at radius 2 is 2.33 bits per heavy atom. The van der Waals surface area contributed by atoms with Crippen LogP contribution in [0.4, 0.5) is 13.2 Å². The van der Waals surface area contributed by atoms with Crippen molar-refractivity contribution < 1.29 is 22.9 Å². The molecule has 1 aliphatic carbocycles. The van der Waals surface area contributed by atoms with Crippen LogP contribution in [0.2, 0.25) is 0 Å². The fourth-order valence-corrected chi connectivity index (χ4v) is 2.85. The third-order valence-electron chi connectivity index (χ3n) is 3.20. The highest BCUT2D eigenvalue weighted by atomic mass is 32.1. The number of halogens is 3. The molecule has 1 amide bonds. The van der Waals surface area contributed by atoms with Gasteiger partial charge in [-0.3, -0.25) is 14.9 Å². The molecule has 3 atom stereocenters. The van der Waals surface area contributed by atoms with Gasteiger partial charge < -0.3 is 5.32 Å². The van der Waals surface area contributed by atoms with Crippen LogP contribution >= 0.6 is 11.3 Å². The largest absolute Gasteiger partial charge is 0.434 e. The molecule has 1 aromatic rings. The molecule has 2 rings (SSSR count). The van der Waals surface area contributed by atoms with Crippen molar-refractivity contribution in [1.29, 1.82) is 0 Å². The van der Waals surface area contributed by atoms with Crippen LogP contribution in [0.1, 0.15) is 36.5 Å². The number of nitrogens with zero attached hydrogens (tertiary/aromatic N) is 2. The van der Waals surface area contributed by atoms with E-state index in [2.05, 4.69) is 10.3 Å². The summed E-state index contributed by atoms with van der Waals surface area (Å²) in [6, 6.07) is -1.55. The van der Waals surface area contributed by atoms with Gasteiger partial charge in [-0.25, -0.2) is 4.98 Å². The van der Waals surface area contributed by atoms with E-state index in [0.717, 1.165) is 16.7 Å². The molecule has 0 unspecified atom stereocenters. The number of thiazole rings is 1. The molecule has 0 bridgehead atoms. The van der Waals surface area contributed by atoms with Crippen molar-refractivity contribution in [3.05, 3.63) is 26.2 Å². The van der Waals surface area contributed by atoms with E-state index < -0.39 is 40.7 Å². The summed E-state index contributed by atoms with van der Waals surface area (Å²) < 4.78 is 37.5. The van der Waals surface area contributed by atoms with Gasteiger partial charge >= 0.3 is 6.18 Å². The molecular formula is C11H12F3N3O3S. The maximum atomic E-state index is 12.5. The average molecular weight is 323 g/mol. The predicted octanol–water partition coefficient (Wildman–Crippen LogP) is 2.39. The minimum Gasteiger partial charge on any atom is -0.346 e. The fourth-order valence-electron chi connectivity index (χ4n) is 1.89. The average Bonchev–Trinajstić information content (AvgIpc) is 3.04. The number of alkyl halides is 3. The molecule has 0 radical (unpaired) electrons. The van der Waals surface area contributed by atoms with Crippen molar-refractivity contribution in [2.45, 2.75) is 38.0 Å². The van der Waals surface area contributed by atoms with Crippen LogP contribution in [0.5, 0.6) is 0 Å². The smallest absolute Gasteiger partial charge is 0.346 e. The quantitative estimate of drug-likeness (QED) is 0.666. The number of hydrogen-bond donors (Lipinski definition) is 1. The number of rotatable bonds is 5. The molecule has 1 saturated carbocycles. The van der Waals surface area contributed by atoms with Crippen LogP contribution in [0.15, 0.2) is 5.38 Å². The van der Waals surface area contributed by atoms with Gasteiger partial charge in [0.15, 0.2) is 5.69 Å². The first-order valence-electron chi connectivity index (χ1n) is 6.20. The van der Waals surface area contributed by atoms with Gasteiger partial charge in [-0.2, -0.15) is 13.2 Å². The summed E-state index contributed by atoms with van der Waals surface area (Å²) in [4.78, 5) is 25.3. The lowest BCUT2D eigenvalue weighted by Gasteiger charge is -2.14. The Hall–Kier alpha value is -1.71. The second kappa shape index (κ2) is 5.58. The number of hydrogen-bond acceptors (Lipinski definition) is 5. The lowest BCUT2D eigenvalue weighted by atomic mass is 10.2. The molecule has 1 fully saturated rings. The molecule has 0 saturated heterocycles. The molecule has 6 nitrogen and oxygen atoms in total. The number of carbonyl (C=O) groups excluding carboxylic acids is 1. The van der Waals surface area contributed by atoms with Crippen LogP contribution in [-0.2, 0) is 11.0 Å². The predicted molar refractivity (Wildman–Crippen MR) is 67.2 cm³/mol. The number of amides is 1. The number of nitrogens with one attached hydrogen (secondary N) is 1. The summed E-state index contributed by atoms with van der Waals surface area (Å²) in [6.45, 7) is 1.69. The Kier molecular flexibility index (Phi) is 4.17. The normalized spacial score (nSPS) is 22.7. The van der Waals surface area contributed by atoms with Gasteiger partial charge in [0.05, 0.1) is 6.04 Å². The van der Waals surface area contributed by atoms with Crippen LogP contribution in [0, 0.1) is 16.0 Å². The van der Waals surface area contributed by atoms with Gasteiger partial charge in [0.25, 0.3) is 0 Å². The summed E-state index contributed by atoms with van der Waals surface area (Å²) in [5.41, 5.74) is -0.996. The van der Waals surface area contributed by atoms with Crippen molar-refractivity contribution in [3.8, 4) is 0 Å². The second-order valence-corrected chi connectivity index (χ2v) is 5.62. The van der Waals surface area contributed by atoms with Crippen molar-refractivity contribution in [2.24, 2.45) is 5.92 Å². The van der Waals surface area contributed by atoms with E-state index in [1.807, 2.05) is 0 Å². The van der Waals surface area contributed by atoms with Crippen LogP contribution < -0.4 is 5.32 Å². The zero-order valence-electron chi connectivity index (χ0n) is 10.9. The van der Waals surface area contributed by atoms with E-state index in [-0.39, 0.29) is 11.4 Å². The Balaban J connectivity index is 2.02. The zero-order valence-corrected chi connectivity index (χ0v) is 11.7. The molecule has 0 aliphatic heterocycles. The fraction of sp³-hybridized carbons (Fsp3) is 0.636. The molecule has 1 aliphatic rings. The van der Waals surface area contributed by atoms with Crippen molar-refractivity contribution >= 4 is 17.2 Å². The Morgan fingerprint density at radius 3 is 2.76 bits per heavy atom. The first-order valence-corrected chi connectivity index (χ1v) is 7.08. The monoisotopic (exact) mass is 323 g/mol. The Morgan fingerprint density at radius 1 is 1.67 bits per heavy atom. The Labute approximate surface area is 121 Å². The summed E-state index contributed by atoms with van der Waals surface area (Å²) >= 11 is 0.811.